The van der Waals surface area contributed by atoms with Gasteiger partial charge in [-0.1, -0.05) is 23.7 Å². The normalized spacial score (nSPS) is 11.5. The van der Waals surface area contributed by atoms with Crippen LogP contribution in [-0.2, 0) is 16.7 Å². The number of thioether (sulfide) groups is 1. The van der Waals surface area contributed by atoms with Crippen molar-refractivity contribution in [1.82, 2.24) is 15.2 Å². The summed E-state index contributed by atoms with van der Waals surface area (Å²) in [5.41, 5.74) is 0.986. The lowest BCUT2D eigenvalue weighted by Crippen LogP contribution is -2.15. The predicted molar refractivity (Wildman–Crippen MR) is 77.6 cm³/mol. The van der Waals surface area contributed by atoms with Crippen molar-refractivity contribution in [3.05, 3.63) is 40.7 Å². The number of hydrogen-bond donors (Lipinski definition) is 2. The van der Waals surface area contributed by atoms with Crippen molar-refractivity contribution in [1.29, 1.82) is 0 Å². The van der Waals surface area contributed by atoms with Gasteiger partial charge in [0.1, 0.15) is 0 Å². The number of aromatic amines is 1. The first kappa shape index (κ1) is 16.6. The summed E-state index contributed by atoms with van der Waals surface area (Å²) in [6.45, 7) is 0. The Morgan fingerprint density at radius 1 is 1.32 bits per heavy atom. The van der Waals surface area contributed by atoms with Crippen molar-refractivity contribution < 1.29 is 18.0 Å². The zero-order valence-electron chi connectivity index (χ0n) is 10.9. The van der Waals surface area contributed by atoms with Gasteiger partial charge >= 0.3 is 6.18 Å². The summed E-state index contributed by atoms with van der Waals surface area (Å²) < 4.78 is 36.9. The first-order valence-corrected chi connectivity index (χ1v) is 7.49. The number of H-pyrrole nitrogens is 1. The lowest BCUT2D eigenvalue weighted by molar-refractivity contribution is -0.144. The molecule has 0 bridgehead atoms. The molecule has 1 aromatic heterocycles. The third kappa shape index (κ3) is 4.92. The Balaban J connectivity index is 1.78. The molecule has 0 saturated heterocycles. The average molecular weight is 351 g/mol. The number of amides is 1. The molecule has 0 saturated carbocycles. The van der Waals surface area contributed by atoms with E-state index < -0.39 is 23.9 Å². The van der Waals surface area contributed by atoms with Gasteiger partial charge in [-0.3, -0.25) is 15.2 Å². The van der Waals surface area contributed by atoms with Gasteiger partial charge in [0, 0.05) is 10.8 Å². The molecular weight excluding hydrogens is 341 g/mol. The van der Waals surface area contributed by atoms with Crippen molar-refractivity contribution >= 4 is 35.2 Å². The van der Waals surface area contributed by atoms with Crippen LogP contribution in [0, 0.1) is 0 Å². The van der Waals surface area contributed by atoms with Crippen LogP contribution in [0.25, 0.3) is 0 Å². The number of aromatic nitrogens is 3. The lowest BCUT2D eigenvalue weighted by atomic mass is 10.2. The molecule has 0 aliphatic carbocycles. The van der Waals surface area contributed by atoms with Crippen LogP contribution in [0.5, 0.6) is 0 Å². The lowest BCUT2D eigenvalue weighted by Gasteiger charge is -2.02. The summed E-state index contributed by atoms with van der Waals surface area (Å²) >= 11 is 7.06. The summed E-state index contributed by atoms with van der Waals surface area (Å²) in [4.78, 5) is 14.7. The van der Waals surface area contributed by atoms with Gasteiger partial charge in [-0.2, -0.15) is 18.2 Å². The number of nitrogens with zero attached hydrogens (tertiary/aromatic N) is 2. The van der Waals surface area contributed by atoms with Gasteiger partial charge < -0.3 is 0 Å². The minimum absolute atomic E-state index is 0.0680. The second-order valence-electron chi connectivity index (χ2n) is 4.17. The number of carbonyl (C=O) groups is 1. The van der Waals surface area contributed by atoms with E-state index in [9.17, 15) is 18.0 Å². The molecule has 1 amide bonds. The SMILES string of the molecule is O=C(CSCc1ccc(Cl)cc1)Nc1n[nH]c(C(F)(F)F)n1. The van der Waals surface area contributed by atoms with E-state index in [0.29, 0.717) is 10.8 Å². The van der Waals surface area contributed by atoms with E-state index in [0.717, 1.165) is 5.56 Å². The minimum atomic E-state index is -4.63. The summed E-state index contributed by atoms with van der Waals surface area (Å²) in [6, 6.07) is 7.14. The smallest absolute Gasteiger partial charge is 0.293 e. The van der Waals surface area contributed by atoms with E-state index >= 15 is 0 Å². The molecule has 1 aromatic carbocycles. The topological polar surface area (TPSA) is 70.7 Å². The van der Waals surface area contributed by atoms with E-state index in [2.05, 4.69) is 15.4 Å². The third-order valence-corrected chi connectivity index (χ3v) is 3.68. The van der Waals surface area contributed by atoms with Crippen LogP contribution in [-0.4, -0.2) is 26.8 Å². The highest BCUT2D eigenvalue weighted by Crippen LogP contribution is 2.26. The van der Waals surface area contributed by atoms with Crippen molar-refractivity contribution in [3.63, 3.8) is 0 Å². The van der Waals surface area contributed by atoms with Crippen LogP contribution in [0.15, 0.2) is 24.3 Å². The van der Waals surface area contributed by atoms with E-state index in [-0.39, 0.29) is 5.75 Å². The molecular formula is C12H10ClF3N4OS. The number of rotatable bonds is 5. The highest BCUT2D eigenvalue weighted by Gasteiger charge is 2.35. The number of benzene rings is 1. The van der Waals surface area contributed by atoms with Crippen LogP contribution < -0.4 is 5.32 Å². The fourth-order valence-electron chi connectivity index (χ4n) is 1.45. The molecule has 0 fully saturated rings. The molecule has 22 heavy (non-hydrogen) atoms. The van der Waals surface area contributed by atoms with Gasteiger partial charge in [0.2, 0.25) is 17.7 Å². The Morgan fingerprint density at radius 2 is 2.00 bits per heavy atom. The molecule has 2 aromatic rings. The number of halogens is 4. The number of nitrogens with one attached hydrogen (secondary N) is 2. The minimum Gasteiger partial charge on any atom is -0.293 e. The highest BCUT2D eigenvalue weighted by molar-refractivity contribution is 7.99. The summed E-state index contributed by atoms with van der Waals surface area (Å²) in [6.07, 6.45) is -4.63. The first-order valence-electron chi connectivity index (χ1n) is 5.96. The van der Waals surface area contributed by atoms with Crippen LogP contribution in [0.4, 0.5) is 19.1 Å². The van der Waals surface area contributed by atoms with E-state index in [1.54, 1.807) is 17.2 Å². The van der Waals surface area contributed by atoms with Gasteiger partial charge in [-0.15, -0.1) is 16.9 Å². The quantitative estimate of drug-likeness (QED) is 0.867. The number of alkyl halides is 3. The fourth-order valence-corrected chi connectivity index (χ4v) is 2.36. The molecule has 0 unspecified atom stereocenters. The summed E-state index contributed by atoms with van der Waals surface area (Å²) in [5.74, 6) is -1.49. The van der Waals surface area contributed by atoms with Gasteiger partial charge in [0.15, 0.2) is 0 Å². The zero-order valence-corrected chi connectivity index (χ0v) is 12.5. The average Bonchev–Trinajstić information content (AvgIpc) is 2.89. The molecule has 0 spiro atoms. The largest absolute Gasteiger partial charge is 0.451 e. The Kier molecular flexibility index (Phi) is 5.30. The summed E-state index contributed by atoms with van der Waals surface area (Å²) in [7, 11) is 0. The van der Waals surface area contributed by atoms with Gasteiger partial charge in [-0.05, 0) is 17.7 Å². The first-order chi connectivity index (χ1) is 10.3. The maximum atomic E-state index is 12.3. The molecule has 1 heterocycles. The Labute approximate surface area is 132 Å². The monoisotopic (exact) mass is 350 g/mol. The second-order valence-corrected chi connectivity index (χ2v) is 5.59. The second kappa shape index (κ2) is 7.01. The fraction of sp³-hybridized carbons (Fsp3) is 0.250. The summed E-state index contributed by atoms with van der Waals surface area (Å²) in [5, 5.41) is 7.82. The third-order valence-electron chi connectivity index (χ3n) is 2.42. The van der Waals surface area contributed by atoms with Crippen LogP contribution in [0.2, 0.25) is 5.02 Å². The number of carbonyl (C=O) groups excluding carboxylic acids is 1. The maximum absolute atomic E-state index is 12.3. The Hall–Kier alpha value is -1.74. The van der Waals surface area contributed by atoms with E-state index in [1.165, 1.54) is 11.8 Å². The van der Waals surface area contributed by atoms with Crippen LogP contribution in [0.3, 0.4) is 0 Å². The Bertz CT molecular complexity index is 645. The van der Waals surface area contributed by atoms with E-state index in [4.69, 9.17) is 11.6 Å². The number of anilines is 1. The standard InChI is InChI=1S/C12H10ClF3N4OS/c13-8-3-1-7(2-4-8)5-22-6-9(21)17-11-18-10(19-20-11)12(14,15)16/h1-4H,5-6H2,(H2,17,18,19,20,21). The zero-order chi connectivity index (χ0) is 16.2. The Morgan fingerprint density at radius 3 is 2.59 bits per heavy atom. The predicted octanol–water partition coefficient (Wildman–Crippen LogP) is 3.35. The van der Waals surface area contributed by atoms with Crippen LogP contribution in [0.1, 0.15) is 11.4 Å². The van der Waals surface area contributed by atoms with E-state index in [1.807, 2.05) is 12.1 Å². The van der Waals surface area contributed by atoms with Crippen molar-refractivity contribution in [2.75, 3.05) is 11.1 Å². The van der Waals surface area contributed by atoms with Gasteiger partial charge in [0.05, 0.1) is 5.75 Å². The van der Waals surface area contributed by atoms with Crippen molar-refractivity contribution in [2.45, 2.75) is 11.9 Å². The molecule has 0 atom stereocenters. The molecule has 118 valence electrons. The molecule has 0 radical (unpaired) electrons. The molecule has 2 rings (SSSR count). The van der Waals surface area contributed by atoms with Crippen LogP contribution >= 0.6 is 23.4 Å². The molecule has 0 aliphatic heterocycles. The molecule has 5 nitrogen and oxygen atoms in total. The van der Waals surface area contributed by atoms with Gasteiger partial charge in [-0.25, -0.2) is 0 Å². The van der Waals surface area contributed by atoms with Crippen molar-refractivity contribution in [2.24, 2.45) is 0 Å². The number of hydrogen-bond acceptors (Lipinski definition) is 4. The molecule has 2 N–H and O–H groups in total. The maximum Gasteiger partial charge on any atom is 0.451 e. The molecule has 10 heteroatoms. The highest BCUT2D eigenvalue weighted by atomic mass is 35.5. The van der Waals surface area contributed by atoms with Crippen molar-refractivity contribution in [3.8, 4) is 0 Å². The molecule has 0 aliphatic rings. The van der Waals surface area contributed by atoms with Gasteiger partial charge in [0.25, 0.3) is 0 Å².